The monoisotopic (exact) mass is 397 g/mol. The normalized spacial score (nSPS) is 13.9. The number of ether oxygens (including phenoxy) is 2. The van der Waals surface area contributed by atoms with Crippen LogP contribution in [0, 0.1) is 0 Å². The molecule has 1 aliphatic rings. The standard InChI is InChI=1S/C22H27N3O4/c1-28-17-8-9-18(20(15-17)29-2)22(27)25-13-11-24(12-14-25)21(26)10-7-16-5-3-4-6-19(16)23/h3-6,8-9,15H,7,10-14,23H2,1-2H3. The average molecular weight is 397 g/mol. The number of carbonyl (C=O) groups excluding carboxylic acids is 2. The van der Waals surface area contributed by atoms with E-state index in [0.717, 1.165) is 5.56 Å². The number of para-hydroxylation sites is 1. The van der Waals surface area contributed by atoms with Gasteiger partial charge in [-0.2, -0.15) is 0 Å². The van der Waals surface area contributed by atoms with E-state index in [1.54, 1.807) is 30.2 Å². The Morgan fingerprint density at radius 1 is 0.966 bits per heavy atom. The first-order valence-corrected chi connectivity index (χ1v) is 9.66. The summed E-state index contributed by atoms with van der Waals surface area (Å²) in [6, 6.07) is 12.7. The van der Waals surface area contributed by atoms with Crippen molar-refractivity contribution >= 4 is 17.5 Å². The molecule has 2 N–H and O–H groups in total. The van der Waals surface area contributed by atoms with Crippen LogP contribution in [0.25, 0.3) is 0 Å². The second kappa shape index (κ2) is 9.32. The molecule has 1 heterocycles. The van der Waals surface area contributed by atoms with Crippen LogP contribution in [-0.2, 0) is 11.2 Å². The van der Waals surface area contributed by atoms with Gasteiger partial charge in [-0.05, 0) is 30.2 Å². The van der Waals surface area contributed by atoms with Gasteiger partial charge in [0, 0.05) is 44.4 Å². The zero-order valence-electron chi connectivity index (χ0n) is 16.9. The molecule has 0 bridgehead atoms. The van der Waals surface area contributed by atoms with E-state index in [2.05, 4.69) is 0 Å². The highest BCUT2D eigenvalue weighted by Gasteiger charge is 2.26. The second-order valence-electron chi connectivity index (χ2n) is 6.94. The van der Waals surface area contributed by atoms with E-state index in [0.29, 0.717) is 61.8 Å². The molecular formula is C22H27N3O4. The third-order valence-corrected chi connectivity index (χ3v) is 5.22. The van der Waals surface area contributed by atoms with E-state index in [4.69, 9.17) is 15.2 Å². The van der Waals surface area contributed by atoms with Gasteiger partial charge in [0.15, 0.2) is 0 Å². The number of rotatable bonds is 6. The van der Waals surface area contributed by atoms with Gasteiger partial charge in [0.2, 0.25) is 5.91 Å². The molecular weight excluding hydrogens is 370 g/mol. The van der Waals surface area contributed by atoms with Gasteiger partial charge in [0.1, 0.15) is 11.5 Å². The summed E-state index contributed by atoms with van der Waals surface area (Å²) in [5.41, 5.74) is 8.14. The van der Waals surface area contributed by atoms with Crippen molar-refractivity contribution in [3.05, 3.63) is 53.6 Å². The van der Waals surface area contributed by atoms with Gasteiger partial charge in [-0.1, -0.05) is 18.2 Å². The fourth-order valence-corrected chi connectivity index (χ4v) is 3.47. The average Bonchev–Trinajstić information content (AvgIpc) is 2.77. The fraction of sp³-hybridized carbons (Fsp3) is 0.364. The predicted molar refractivity (Wildman–Crippen MR) is 111 cm³/mol. The minimum Gasteiger partial charge on any atom is -0.497 e. The van der Waals surface area contributed by atoms with Gasteiger partial charge in [0.05, 0.1) is 19.8 Å². The van der Waals surface area contributed by atoms with Crippen molar-refractivity contribution in [2.45, 2.75) is 12.8 Å². The molecule has 0 aliphatic carbocycles. The molecule has 1 fully saturated rings. The molecule has 2 amide bonds. The second-order valence-corrected chi connectivity index (χ2v) is 6.94. The van der Waals surface area contributed by atoms with Crippen LogP contribution < -0.4 is 15.2 Å². The molecule has 0 radical (unpaired) electrons. The fourth-order valence-electron chi connectivity index (χ4n) is 3.47. The number of anilines is 1. The van der Waals surface area contributed by atoms with Crippen LogP contribution in [0.3, 0.4) is 0 Å². The topological polar surface area (TPSA) is 85.1 Å². The van der Waals surface area contributed by atoms with Crippen LogP contribution >= 0.6 is 0 Å². The molecule has 29 heavy (non-hydrogen) atoms. The van der Waals surface area contributed by atoms with Crippen molar-refractivity contribution in [1.82, 2.24) is 9.80 Å². The number of methoxy groups -OCH3 is 2. The van der Waals surface area contributed by atoms with Crippen LogP contribution in [0.2, 0.25) is 0 Å². The van der Waals surface area contributed by atoms with Crippen molar-refractivity contribution in [2.75, 3.05) is 46.1 Å². The molecule has 2 aromatic carbocycles. The third kappa shape index (κ3) is 4.80. The number of nitrogens with zero attached hydrogens (tertiary/aromatic N) is 2. The maximum atomic E-state index is 12.9. The van der Waals surface area contributed by atoms with E-state index in [1.165, 1.54) is 7.11 Å². The van der Waals surface area contributed by atoms with E-state index >= 15 is 0 Å². The summed E-state index contributed by atoms with van der Waals surface area (Å²) in [6.45, 7) is 2.03. The zero-order valence-corrected chi connectivity index (χ0v) is 16.9. The number of carbonyl (C=O) groups is 2. The highest BCUT2D eigenvalue weighted by atomic mass is 16.5. The predicted octanol–water partition coefficient (Wildman–Crippen LogP) is 2.20. The molecule has 154 valence electrons. The van der Waals surface area contributed by atoms with E-state index in [-0.39, 0.29) is 11.8 Å². The highest BCUT2D eigenvalue weighted by molar-refractivity contribution is 5.97. The maximum Gasteiger partial charge on any atom is 0.257 e. The van der Waals surface area contributed by atoms with Gasteiger partial charge in [-0.15, -0.1) is 0 Å². The lowest BCUT2D eigenvalue weighted by Crippen LogP contribution is -2.50. The summed E-state index contributed by atoms with van der Waals surface area (Å²) in [5.74, 6) is 1.09. The van der Waals surface area contributed by atoms with E-state index in [9.17, 15) is 9.59 Å². The molecule has 0 saturated carbocycles. The van der Waals surface area contributed by atoms with Gasteiger partial charge in [0.25, 0.3) is 5.91 Å². The SMILES string of the molecule is COc1ccc(C(=O)N2CCN(C(=O)CCc3ccccc3N)CC2)c(OC)c1. The van der Waals surface area contributed by atoms with Crippen molar-refractivity contribution < 1.29 is 19.1 Å². The van der Waals surface area contributed by atoms with Crippen molar-refractivity contribution in [1.29, 1.82) is 0 Å². The first kappa shape index (κ1) is 20.5. The van der Waals surface area contributed by atoms with E-state index in [1.807, 2.05) is 29.2 Å². The molecule has 2 aromatic rings. The number of hydrogen-bond acceptors (Lipinski definition) is 5. The minimum atomic E-state index is -0.103. The van der Waals surface area contributed by atoms with Crippen LogP contribution in [0.15, 0.2) is 42.5 Å². The van der Waals surface area contributed by atoms with E-state index < -0.39 is 0 Å². The summed E-state index contributed by atoms with van der Waals surface area (Å²) in [6.07, 6.45) is 1.03. The maximum absolute atomic E-state index is 12.9. The largest absolute Gasteiger partial charge is 0.497 e. The minimum absolute atomic E-state index is 0.0855. The molecule has 0 atom stereocenters. The Labute approximate surface area is 171 Å². The first-order chi connectivity index (χ1) is 14.0. The molecule has 7 nitrogen and oxygen atoms in total. The van der Waals surface area contributed by atoms with Crippen LogP contribution in [0.5, 0.6) is 11.5 Å². The van der Waals surface area contributed by atoms with Gasteiger partial charge < -0.3 is 25.0 Å². The Bertz CT molecular complexity index is 876. The summed E-state index contributed by atoms with van der Waals surface area (Å²) in [7, 11) is 3.10. The lowest BCUT2D eigenvalue weighted by Gasteiger charge is -2.35. The molecule has 1 aliphatic heterocycles. The van der Waals surface area contributed by atoms with Crippen molar-refractivity contribution in [3.63, 3.8) is 0 Å². The van der Waals surface area contributed by atoms with Crippen LogP contribution in [-0.4, -0.2) is 62.0 Å². The van der Waals surface area contributed by atoms with Gasteiger partial charge in [-0.3, -0.25) is 9.59 Å². The Morgan fingerprint density at radius 3 is 2.31 bits per heavy atom. The Balaban J connectivity index is 1.55. The number of amides is 2. The molecule has 0 unspecified atom stereocenters. The number of piperazine rings is 1. The lowest BCUT2D eigenvalue weighted by molar-refractivity contribution is -0.132. The summed E-state index contributed by atoms with van der Waals surface area (Å²) in [5, 5.41) is 0. The molecule has 0 spiro atoms. The Hall–Kier alpha value is -3.22. The summed E-state index contributed by atoms with van der Waals surface area (Å²) in [4.78, 5) is 29.0. The van der Waals surface area contributed by atoms with Gasteiger partial charge >= 0.3 is 0 Å². The summed E-state index contributed by atoms with van der Waals surface area (Å²) >= 11 is 0. The van der Waals surface area contributed by atoms with Crippen LogP contribution in [0.4, 0.5) is 5.69 Å². The number of benzene rings is 2. The van der Waals surface area contributed by atoms with Crippen LogP contribution in [0.1, 0.15) is 22.3 Å². The molecule has 0 aromatic heterocycles. The molecule has 3 rings (SSSR count). The smallest absolute Gasteiger partial charge is 0.257 e. The number of nitrogens with two attached hydrogens (primary N) is 1. The number of hydrogen-bond donors (Lipinski definition) is 1. The quantitative estimate of drug-likeness (QED) is 0.756. The Kier molecular flexibility index (Phi) is 6.59. The molecule has 7 heteroatoms. The third-order valence-electron chi connectivity index (χ3n) is 5.22. The van der Waals surface area contributed by atoms with Crippen molar-refractivity contribution in [3.8, 4) is 11.5 Å². The van der Waals surface area contributed by atoms with Crippen molar-refractivity contribution in [2.24, 2.45) is 0 Å². The highest BCUT2D eigenvalue weighted by Crippen LogP contribution is 2.26. The number of nitrogen functional groups attached to an aromatic ring is 1. The lowest BCUT2D eigenvalue weighted by atomic mass is 10.1. The number of aryl methyl sites for hydroxylation is 1. The Morgan fingerprint density at radius 2 is 1.66 bits per heavy atom. The van der Waals surface area contributed by atoms with Gasteiger partial charge in [-0.25, -0.2) is 0 Å². The molecule has 1 saturated heterocycles. The first-order valence-electron chi connectivity index (χ1n) is 9.66. The zero-order chi connectivity index (χ0) is 20.8. The summed E-state index contributed by atoms with van der Waals surface area (Å²) < 4.78 is 10.5.